The molecular weight excluding hydrogens is 511 g/mol. The van der Waals surface area contributed by atoms with Crippen LogP contribution in [0.1, 0.15) is 55.5 Å². The number of halogens is 3. The number of rotatable bonds is 7. The van der Waals surface area contributed by atoms with Crippen LogP contribution in [0.2, 0.25) is 0 Å². The van der Waals surface area contributed by atoms with Crippen molar-refractivity contribution in [3.05, 3.63) is 65.4 Å². The van der Waals surface area contributed by atoms with Crippen molar-refractivity contribution in [2.45, 2.75) is 50.4 Å². The highest BCUT2D eigenvalue weighted by Crippen LogP contribution is 2.35. The van der Waals surface area contributed by atoms with Crippen LogP contribution in [0.15, 0.2) is 42.7 Å². The van der Waals surface area contributed by atoms with Gasteiger partial charge in [0.15, 0.2) is 0 Å². The first kappa shape index (κ1) is 27.3. The summed E-state index contributed by atoms with van der Waals surface area (Å²) in [5, 5.41) is 18.6. The normalized spacial score (nSPS) is 20.3. The predicted molar refractivity (Wildman–Crippen MR) is 140 cm³/mol. The number of nitrogens with one attached hydrogen (secondary N) is 2. The van der Waals surface area contributed by atoms with Crippen molar-refractivity contribution in [1.29, 1.82) is 0 Å². The smallest absolute Gasteiger partial charge is 0.266 e. The van der Waals surface area contributed by atoms with Crippen molar-refractivity contribution in [2.75, 3.05) is 38.1 Å². The number of piperidine rings is 1. The number of anilines is 1. The van der Waals surface area contributed by atoms with Gasteiger partial charge in [0.2, 0.25) is 5.91 Å². The molecule has 2 atom stereocenters. The van der Waals surface area contributed by atoms with E-state index in [-0.39, 0.29) is 17.6 Å². The number of hydrogen-bond donors (Lipinski definition) is 3. The number of benzene rings is 1. The SMILES string of the molecule is C[C@@H](Nc1ccnc2cnc(C3(O)CCN(C(=O)C[C@@H]4CNCCO4)CC3)cc12)c1cccc(C(F)F)c1F. The molecule has 5 rings (SSSR count). The van der Waals surface area contributed by atoms with E-state index in [4.69, 9.17) is 4.74 Å². The van der Waals surface area contributed by atoms with Crippen LogP contribution in [-0.4, -0.2) is 64.8 Å². The molecule has 2 aliphatic heterocycles. The molecular formula is C28H32F3N5O3. The molecule has 0 spiro atoms. The van der Waals surface area contributed by atoms with Gasteiger partial charge in [-0.3, -0.25) is 14.8 Å². The highest BCUT2D eigenvalue weighted by molar-refractivity contribution is 5.91. The molecule has 3 N–H and O–H groups in total. The average Bonchev–Trinajstić information content (AvgIpc) is 2.94. The number of fused-ring (bicyclic) bond motifs is 1. The van der Waals surface area contributed by atoms with Crippen molar-refractivity contribution in [2.24, 2.45) is 0 Å². The molecule has 1 aromatic carbocycles. The fraction of sp³-hybridized carbons (Fsp3) is 0.464. The van der Waals surface area contributed by atoms with Crippen LogP contribution in [0.5, 0.6) is 0 Å². The lowest BCUT2D eigenvalue weighted by Gasteiger charge is -2.38. The zero-order valence-corrected chi connectivity index (χ0v) is 21.7. The molecule has 0 bridgehead atoms. The Labute approximate surface area is 224 Å². The Morgan fingerprint density at radius 3 is 2.74 bits per heavy atom. The highest BCUT2D eigenvalue weighted by Gasteiger charge is 2.37. The topological polar surface area (TPSA) is 99.6 Å². The minimum Gasteiger partial charge on any atom is -0.383 e. The van der Waals surface area contributed by atoms with E-state index in [1.165, 1.54) is 12.1 Å². The van der Waals surface area contributed by atoms with Gasteiger partial charge in [-0.1, -0.05) is 18.2 Å². The van der Waals surface area contributed by atoms with E-state index in [9.17, 15) is 23.1 Å². The van der Waals surface area contributed by atoms with Gasteiger partial charge in [0.1, 0.15) is 11.4 Å². The number of morpholine rings is 1. The van der Waals surface area contributed by atoms with Crippen LogP contribution >= 0.6 is 0 Å². The molecule has 2 fully saturated rings. The molecule has 8 nitrogen and oxygen atoms in total. The van der Waals surface area contributed by atoms with Crippen molar-refractivity contribution >= 4 is 22.5 Å². The van der Waals surface area contributed by atoms with E-state index in [2.05, 4.69) is 20.6 Å². The van der Waals surface area contributed by atoms with E-state index in [0.717, 1.165) is 12.6 Å². The highest BCUT2D eigenvalue weighted by atomic mass is 19.3. The average molecular weight is 544 g/mol. The molecule has 208 valence electrons. The number of carbonyl (C=O) groups is 1. The quantitative estimate of drug-likeness (QED) is 0.413. The number of nitrogens with zero attached hydrogens (tertiary/aromatic N) is 3. The Kier molecular flexibility index (Phi) is 8.01. The van der Waals surface area contributed by atoms with Gasteiger partial charge >= 0.3 is 0 Å². The fourth-order valence-corrected chi connectivity index (χ4v) is 5.27. The summed E-state index contributed by atoms with van der Waals surface area (Å²) in [6, 6.07) is 6.82. The molecule has 3 aromatic rings. The summed E-state index contributed by atoms with van der Waals surface area (Å²) < 4.78 is 46.8. The maximum Gasteiger partial charge on any atom is 0.266 e. The maximum absolute atomic E-state index is 14.8. The number of likely N-dealkylation sites (tertiary alicyclic amines) is 1. The van der Waals surface area contributed by atoms with E-state index in [1.807, 2.05) is 0 Å². The summed E-state index contributed by atoms with van der Waals surface area (Å²) in [5.41, 5.74) is -0.120. The van der Waals surface area contributed by atoms with Gasteiger partial charge in [-0.15, -0.1) is 0 Å². The Bertz CT molecular complexity index is 1330. The molecule has 2 aliphatic rings. The minimum absolute atomic E-state index is 0.00466. The molecule has 0 aliphatic carbocycles. The largest absolute Gasteiger partial charge is 0.383 e. The number of aliphatic hydroxyl groups is 1. The third-order valence-corrected chi connectivity index (χ3v) is 7.59. The molecule has 2 saturated heterocycles. The summed E-state index contributed by atoms with van der Waals surface area (Å²) >= 11 is 0. The molecule has 0 radical (unpaired) electrons. The number of carbonyl (C=O) groups excluding carboxylic acids is 1. The molecule has 0 unspecified atom stereocenters. The molecule has 0 saturated carbocycles. The maximum atomic E-state index is 14.8. The van der Waals surface area contributed by atoms with E-state index >= 15 is 0 Å². The molecule has 2 aromatic heterocycles. The second-order valence-electron chi connectivity index (χ2n) is 10.2. The third-order valence-electron chi connectivity index (χ3n) is 7.59. The van der Waals surface area contributed by atoms with E-state index < -0.39 is 29.4 Å². The number of alkyl halides is 2. The van der Waals surface area contributed by atoms with Crippen LogP contribution in [-0.2, 0) is 15.1 Å². The number of aromatic nitrogens is 2. The van der Waals surface area contributed by atoms with Crippen molar-refractivity contribution in [1.82, 2.24) is 20.2 Å². The summed E-state index contributed by atoms with van der Waals surface area (Å²) in [6.45, 7) is 4.50. The van der Waals surface area contributed by atoms with E-state index in [0.29, 0.717) is 67.8 Å². The molecule has 1 amide bonds. The van der Waals surface area contributed by atoms with Gasteiger partial charge in [-0.25, -0.2) is 13.2 Å². The monoisotopic (exact) mass is 543 g/mol. The second kappa shape index (κ2) is 11.4. The van der Waals surface area contributed by atoms with Crippen LogP contribution < -0.4 is 10.6 Å². The molecule has 39 heavy (non-hydrogen) atoms. The zero-order chi connectivity index (χ0) is 27.6. The second-order valence-corrected chi connectivity index (χ2v) is 10.2. The number of hydrogen-bond acceptors (Lipinski definition) is 7. The number of pyridine rings is 2. The number of amides is 1. The summed E-state index contributed by atoms with van der Waals surface area (Å²) in [5.74, 6) is -0.930. The molecule has 11 heteroatoms. The zero-order valence-electron chi connectivity index (χ0n) is 21.7. The standard InChI is InChI=1S/C28H32F3N5O3/c1-17(19-3-2-4-20(26(19)29)27(30)31)35-22-5-8-33-23-16-34-24(14-21(22)23)28(38)6-10-36(11-7-28)25(37)13-18-15-32-9-12-39-18/h2-5,8,14,16-18,27,32,38H,6-7,9-13,15H2,1H3,(H,33,35)/t17-,18-/m1/s1. The van der Waals surface area contributed by atoms with Gasteiger partial charge in [0, 0.05) is 49.0 Å². The lowest BCUT2D eigenvalue weighted by Crippen LogP contribution is -2.47. The first-order valence-corrected chi connectivity index (χ1v) is 13.2. The van der Waals surface area contributed by atoms with Crippen molar-refractivity contribution < 1.29 is 27.8 Å². The minimum atomic E-state index is -2.91. The molecule has 4 heterocycles. The van der Waals surface area contributed by atoms with Gasteiger partial charge in [-0.05, 0) is 31.9 Å². The van der Waals surface area contributed by atoms with Crippen LogP contribution in [0.4, 0.5) is 18.9 Å². The van der Waals surface area contributed by atoms with Gasteiger partial charge in [-0.2, -0.15) is 0 Å². The fourth-order valence-electron chi connectivity index (χ4n) is 5.27. The lowest BCUT2D eigenvalue weighted by molar-refractivity contribution is -0.139. The third kappa shape index (κ3) is 5.85. The number of ether oxygens (including phenoxy) is 1. The van der Waals surface area contributed by atoms with Crippen LogP contribution in [0.3, 0.4) is 0 Å². The summed E-state index contributed by atoms with van der Waals surface area (Å²) in [6.07, 6.45) is 1.06. The Hall–Kier alpha value is -3.28. The van der Waals surface area contributed by atoms with Crippen LogP contribution in [0, 0.1) is 5.82 Å². The van der Waals surface area contributed by atoms with Crippen molar-refractivity contribution in [3.8, 4) is 0 Å². The van der Waals surface area contributed by atoms with Gasteiger partial charge < -0.3 is 25.4 Å². The summed E-state index contributed by atoms with van der Waals surface area (Å²) in [4.78, 5) is 23.4. The Morgan fingerprint density at radius 2 is 2.03 bits per heavy atom. The van der Waals surface area contributed by atoms with Gasteiger partial charge in [0.25, 0.3) is 6.43 Å². The van der Waals surface area contributed by atoms with Crippen LogP contribution in [0.25, 0.3) is 10.9 Å². The summed E-state index contributed by atoms with van der Waals surface area (Å²) in [7, 11) is 0. The Morgan fingerprint density at radius 1 is 1.26 bits per heavy atom. The first-order valence-electron chi connectivity index (χ1n) is 13.2. The lowest BCUT2D eigenvalue weighted by atomic mass is 9.87. The van der Waals surface area contributed by atoms with E-state index in [1.54, 1.807) is 36.4 Å². The Balaban J connectivity index is 1.32. The first-order chi connectivity index (χ1) is 18.7. The predicted octanol–water partition coefficient (Wildman–Crippen LogP) is 4.07. The van der Waals surface area contributed by atoms with Gasteiger partial charge in [0.05, 0.1) is 48.1 Å². The van der Waals surface area contributed by atoms with Crippen molar-refractivity contribution in [3.63, 3.8) is 0 Å².